The number of imidazole rings is 1. The number of fused-ring (bicyclic) bond motifs is 2. The summed E-state index contributed by atoms with van der Waals surface area (Å²) >= 11 is 1.69. The maximum Gasteiger partial charge on any atom is 0.223 e. The first-order valence-corrected chi connectivity index (χ1v) is 9.50. The lowest BCUT2D eigenvalue weighted by Gasteiger charge is -2.39. The number of amides is 1. The number of rotatable bonds is 3. The van der Waals surface area contributed by atoms with Gasteiger partial charge in [0.1, 0.15) is 0 Å². The number of nitrogens with one attached hydrogen (secondary N) is 2. The second-order valence-electron chi connectivity index (χ2n) is 6.83. The van der Waals surface area contributed by atoms with Crippen molar-refractivity contribution in [2.75, 3.05) is 13.2 Å². The molecule has 6 nitrogen and oxygen atoms in total. The van der Waals surface area contributed by atoms with Gasteiger partial charge in [-0.15, -0.1) is 11.3 Å². The minimum Gasteiger partial charge on any atom is -0.375 e. The third kappa shape index (κ3) is 2.96. The molecule has 0 bridgehead atoms. The van der Waals surface area contributed by atoms with Gasteiger partial charge < -0.3 is 15.4 Å². The number of hydrogen-bond donors (Lipinski definition) is 2. The molecule has 7 heteroatoms. The van der Waals surface area contributed by atoms with E-state index in [-0.39, 0.29) is 17.9 Å². The molecule has 24 heavy (non-hydrogen) atoms. The lowest BCUT2D eigenvalue weighted by atomic mass is 9.82. The maximum atomic E-state index is 12.5. The lowest BCUT2D eigenvalue weighted by molar-refractivity contribution is -0.128. The molecule has 2 fully saturated rings. The Kier molecular flexibility index (Phi) is 4.32. The van der Waals surface area contributed by atoms with E-state index in [0.717, 1.165) is 43.1 Å². The summed E-state index contributed by atoms with van der Waals surface area (Å²) in [4.78, 5) is 19.4. The van der Waals surface area contributed by atoms with Gasteiger partial charge in [0, 0.05) is 35.3 Å². The highest BCUT2D eigenvalue weighted by molar-refractivity contribution is 7.17. The number of hydrogen-bond acceptors (Lipinski definition) is 5. The largest absolute Gasteiger partial charge is 0.375 e. The van der Waals surface area contributed by atoms with Crippen LogP contribution in [0, 0.1) is 19.8 Å². The van der Waals surface area contributed by atoms with Gasteiger partial charge in [-0.3, -0.25) is 9.20 Å². The van der Waals surface area contributed by atoms with Crippen LogP contribution < -0.4 is 10.6 Å². The van der Waals surface area contributed by atoms with E-state index in [1.165, 1.54) is 10.6 Å². The van der Waals surface area contributed by atoms with Crippen LogP contribution >= 0.6 is 11.3 Å². The molecule has 1 aliphatic carbocycles. The predicted octanol–water partition coefficient (Wildman–Crippen LogP) is 1.79. The average molecular weight is 348 g/mol. The molecule has 3 heterocycles. The second kappa shape index (κ2) is 6.46. The highest BCUT2D eigenvalue weighted by Gasteiger charge is 2.35. The molecule has 0 spiro atoms. The first-order chi connectivity index (χ1) is 11.6. The molecule has 1 saturated heterocycles. The molecule has 1 aliphatic heterocycles. The third-order valence-corrected chi connectivity index (χ3v) is 6.35. The van der Waals surface area contributed by atoms with E-state index in [2.05, 4.69) is 33.9 Å². The van der Waals surface area contributed by atoms with Crippen LogP contribution in [0.15, 0.2) is 6.20 Å². The molecule has 1 amide bonds. The molecule has 2 aromatic heterocycles. The molecule has 130 valence electrons. The standard InChI is InChI=1S/C17H24N4O2S/c1-10-11(2)24-17-20-13(9-21(10)17)8-19-16(22)12-3-4-15-14(7-12)18-5-6-23-15/h9,12,14-15,18H,3-8H2,1-2H3,(H,19,22)/t12-,14+,15+/m0/s1. The number of nitrogens with zero attached hydrogens (tertiary/aromatic N) is 2. The van der Waals surface area contributed by atoms with Gasteiger partial charge in [0.15, 0.2) is 4.96 Å². The van der Waals surface area contributed by atoms with E-state index in [9.17, 15) is 4.79 Å². The van der Waals surface area contributed by atoms with Crippen LogP contribution in [0.2, 0.25) is 0 Å². The summed E-state index contributed by atoms with van der Waals surface area (Å²) in [5.74, 6) is 0.221. The Balaban J connectivity index is 1.35. The van der Waals surface area contributed by atoms with Gasteiger partial charge in [-0.05, 0) is 33.1 Å². The minimum atomic E-state index is 0.0770. The van der Waals surface area contributed by atoms with Crippen molar-refractivity contribution in [1.82, 2.24) is 20.0 Å². The Morgan fingerprint density at radius 3 is 3.21 bits per heavy atom. The van der Waals surface area contributed by atoms with Gasteiger partial charge in [0.2, 0.25) is 5.91 Å². The van der Waals surface area contributed by atoms with Gasteiger partial charge in [-0.25, -0.2) is 4.98 Å². The first-order valence-electron chi connectivity index (χ1n) is 8.68. The zero-order valence-corrected chi connectivity index (χ0v) is 15.0. The van der Waals surface area contributed by atoms with Gasteiger partial charge in [0.25, 0.3) is 0 Å². The number of ether oxygens (including phenoxy) is 1. The number of aromatic nitrogens is 2. The number of carbonyl (C=O) groups is 1. The van der Waals surface area contributed by atoms with E-state index < -0.39 is 0 Å². The van der Waals surface area contributed by atoms with Crippen molar-refractivity contribution in [3.8, 4) is 0 Å². The molecular weight excluding hydrogens is 324 g/mol. The van der Waals surface area contributed by atoms with Crippen molar-refractivity contribution in [2.45, 2.75) is 51.8 Å². The zero-order valence-electron chi connectivity index (χ0n) is 14.2. The molecule has 2 aromatic rings. The van der Waals surface area contributed by atoms with Gasteiger partial charge in [-0.1, -0.05) is 0 Å². The Bertz CT molecular complexity index is 753. The SMILES string of the molecule is Cc1sc2nc(CNC(=O)[C@H]3CC[C@H]4OCCN[C@@H]4C3)cn2c1C. The second-order valence-corrected chi connectivity index (χ2v) is 8.01. The van der Waals surface area contributed by atoms with Crippen LogP contribution in [0.3, 0.4) is 0 Å². The van der Waals surface area contributed by atoms with Crippen LogP contribution in [0.1, 0.15) is 35.5 Å². The molecule has 0 unspecified atom stereocenters. The van der Waals surface area contributed by atoms with Crippen molar-refractivity contribution in [3.63, 3.8) is 0 Å². The van der Waals surface area contributed by atoms with Crippen molar-refractivity contribution < 1.29 is 9.53 Å². The first kappa shape index (κ1) is 16.1. The summed E-state index contributed by atoms with van der Waals surface area (Å²) < 4.78 is 7.89. The monoisotopic (exact) mass is 348 g/mol. The Labute approximate surface area is 145 Å². The van der Waals surface area contributed by atoms with Gasteiger partial charge in [0.05, 0.1) is 24.9 Å². The van der Waals surface area contributed by atoms with Gasteiger partial charge >= 0.3 is 0 Å². The molecule has 2 N–H and O–H groups in total. The molecular formula is C17H24N4O2S. The third-order valence-electron chi connectivity index (χ3n) is 5.28. The quantitative estimate of drug-likeness (QED) is 0.887. The minimum absolute atomic E-state index is 0.0770. The van der Waals surface area contributed by atoms with Crippen LogP contribution in [0.5, 0.6) is 0 Å². The maximum absolute atomic E-state index is 12.5. The zero-order chi connectivity index (χ0) is 16.7. The molecule has 2 aliphatic rings. The Morgan fingerprint density at radius 2 is 2.38 bits per heavy atom. The number of aryl methyl sites for hydroxylation is 2. The molecule has 4 rings (SSSR count). The van der Waals surface area contributed by atoms with Crippen LogP contribution in [-0.2, 0) is 16.1 Å². The summed E-state index contributed by atoms with van der Waals surface area (Å²) in [7, 11) is 0. The number of thiazole rings is 1. The Hall–Kier alpha value is -1.44. The van der Waals surface area contributed by atoms with Crippen molar-refractivity contribution >= 4 is 22.2 Å². The fraction of sp³-hybridized carbons (Fsp3) is 0.647. The highest BCUT2D eigenvalue weighted by atomic mass is 32.1. The molecule has 0 radical (unpaired) electrons. The summed E-state index contributed by atoms with van der Waals surface area (Å²) in [6.45, 7) is 6.38. The van der Waals surface area contributed by atoms with E-state index in [1.54, 1.807) is 11.3 Å². The molecule has 3 atom stereocenters. The normalized spacial score (nSPS) is 27.2. The van der Waals surface area contributed by atoms with Crippen molar-refractivity contribution in [2.24, 2.45) is 5.92 Å². The summed E-state index contributed by atoms with van der Waals surface area (Å²) in [6, 6.07) is 0.326. The summed E-state index contributed by atoms with van der Waals surface area (Å²) in [6.07, 6.45) is 5.06. The molecule has 1 saturated carbocycles. The average Bonchev–Trinajstić information content (AvgIpc) is 3.11. The van der Waals surface area contributed by atoms with E-state index in [1.807, 2.05) is 6.20 Å². The van der Waals surface area contributed by atoms with E-state index in [0.29, 0.717) is 12.6 Å². The lowest BCUT2D eigenvalue weighted by Crippen LogP contribution is -2.53. The topological polar surface area (TPSA) is 67.7 Å². The summed E-state index contributed by atoms with van der Waals surface area (Å²) in [5.41, 5.74) is 2.15. The predicted molar refractivity (Wildman–Crippen MR) is 93.3 cm³/mol. The molecule has 0 aromatic carbocycles. The van der Waals surface area contributed by atoms with Crippen LogP contribution in [0.25, 0.3) is 4.96 Å². The van der Waals surface area contributed by atoms with Crippen molar-refractivity contribution in [1.29, 1.82) is 0 Å². The van der Waals surface area contributed by atoms with E-state index in [4.69, 9.17) is 4.74 Å². The van der Waals surface area contributed by atoms with Crippen LogP contribution in [-0.4, -0.2) is 40.6 Å². The summed E-state index contributed by atoms with van der Waals surface area (Å²) in [5, 5.41) is 6.56. The number of morpholine rings is 1. The van der Waals surface area contributed by atoms with E-state index >= 15 is 0 Å². The Morgan fingerprint density at radius 1 is 1.50 bits per heavy atom. The van der Waals surface area contributed by atoms with Gasteiger partial charge in [-0.2, -0.15) is 0 Å². The smallest absolute Gasteiger partial charge is 0.223 e. The van der Waals surface area contributed by atoms with Crippen molar-refractivity contribution in [3.05, 3.63) is 22.5 Å². The van der Waals surface area contributed by atoms with Crippen LogP contribution in [0.4, 0.5) is 0 Å². The fourth-order valence-electron chi connectivity index (χ4n) is 3.76. The fourth-order valence-corrected chi connectivity index (χ4v) is 4.73. The number of carbonyl (C=O) groups excluding carboxylic acids is 1. The highest BCUT2D eigenvalue weighted by Crippen LogP contribution is 2.28.